The van der Waals surface area contributed by atoms with E-state index in [2.05, 4.69) is 26.8 Å². The molecule has 1 aliphatic rings. The summed E-state index contributed by atoms with van der Waals surface area (Å²) < 4.78 is 18.2. The Kier molecular flexibility index (Phi) is 6.53. The molecule has 2 amide bonds. The van der Waals surface area contributed by atoms with E-state index in [0.29, 0.717) is 35.6 Å². The van der Waals surface area contributed by atoms with Crippen LogP contribution in [0.1, 0.15) is 18.9 Å². The predicted octanol–water partition coefficient (Wildman–Crippen LogP) is 2.34. The molecule has 28 heavy (non-hydrogen) atoms. The van der Waals surface area contributed by atoms with Crippen molar-refractivity contribution < 1.29 is 23.8 Å². The second kappa shape index (κ2) is 9.27. The van der Waals surface area contributed by atoms with Gasteiger partial charge in [-0.15, -0.1) is 16.8 Å². The molecule has 2 aromatic rings. The summed E-state index contributed by atoms with van der Waals surface area (Å²) in [5, 5.41) is 11.0. The molecule has 0 saturated carbocycles. The maximum atomic E-state index is 11.9. The van der Waals surface area contributed by atoms with Crippen molar-refractivity contribution in [1.82, 2.24) is 20.1 Å². The van der Waals surface area contributed by atoms with Gasteiger partial charge < -0.3 is 14.2 Å². The number of para-hydroxylation sites is 2. The van der Waals surface area contributed by atoms with Crippen LogP contribution in [0.2, 0.25) is 0 Å². The molecule has 3 rings (SSSR count). The number of thioether (sulfide) groups is 1. The van der Waals surface area contributed by atoms with E-state index >= 15 is 0 Å². The van der Waals surface area contributed by atoms with E-state index in [1.807, 2.05) is 24.3 Å². The summed E-state index contributed by atoms with van der Waals surface area (Å²) in [5.74, 6) is 1.39. The van der Waals surface area contributed by atoms with Crippen molar-refractivity contribution in [3.05, 3.63) is 42.7 Å². The first-order chi connectivity index (χ1) is 13.6. The quantitative estimate of drug-likeness (QED) is 0.554. The second-order valence-electron chi connectivity index (χ2n) is 5.66. The van der Waals surface area contributed by atoms with Gasteiger partial charge in [0.15, 0.2) is 28.6 Å². The molecule has 2 heterocycles. The molecule has 0 aliphatic carbocycles. The van der Waals surface area contributed by atoms with Crippen LogP contribution < -0.4 is 14.8 Å². The topological polar surface area (TPSA) is 105 Å². The number of imide groups is 1. The third-order valence-corrected chi connectivity index (χ3v) is 4.67. The van der Waals surface area contributed by atoms with Gasteiger partial charge in [0, 0.05) is 6.54 Å². The first-order valence-corrected chi connectivity index (χ1v) is 9.62. The monoisotopic (exact) mass is 404 g/mol. The zero-order valence-electron chi connectivity index (χ0n) is 15.3. The highest BCUT2D eigenvalue weighted by Gasteiger charge is 2.28. The van der Waals surface area contributed by atoms with E-state index in [9.17, 15) is 9.59 Å². The summed E-state index contributed by atoms with van der Waals surface area (Å²) in [6.07, 6.45) is 0.491. The maximum absolute atomic E-state index is 11.9. The first kappa shape index (κ1) is 19.7. The Bertz CT molecular complexity index is 869. The molecule has 1 N–H and O–H groups in total. The van der Waals surface area contributed by atoms with Gasteiger partial charge >= 0.3 is 6.09 Å². The van der Waals surface area contributed by atoms with Gasteiger partial charge in [0.25, 0.3) is 0 Å². The first-order valence-electron chi connectivity index (χ1n) is 8.64. The molecule has 1 aromatic carbocycles. The van der Waals surface area contributed by atoms with Crippen molar-refractivity contribution in [3.63, 3.8) is 0 Å². The zero-order valence-corrected chi connectivity index (χ0v) is 16.1. The molecule has 0 radical (unpaired) electrons. The molecular formula is C18H20N4O5S. The number of benzene rings is 1. The number of ether oxygens (including phenoxy) is 3. The highest BCUT2D eigenvalue weighted by Crippen LogP contribution is 2.36. The average Bonchev–Trinajstić information content (AvgIpc) is 3.09. The van der Waals surface area contributed by atoms with Crippen molar-refractivity contribution in [1.29, 1.82) is 0 Å². The van der Waals surface area contributed by atoms with E-state index in [1.54, 1.807) is 17.6 Å². The van der Waals surface area contributed by atoms with Gasteiger partial charge in [0.1, 0.15) is 6.61 Å². The number of hydrogen-bond donors (Lipinski definition) is 1. The van der Waals surface area contributed by atoms with Gasteiger partial charge in [-0.2, -0.15) is 0 Å². The van der Waals surface area contributed by atoms with Gasteiger partial charge in [-0.3, -0.25) is 14.7 Å². The van der Waals surface area contributed by atoms with Crippen LogP contribution in [-0.2, 0) is 16.1 Å². The fourth-order valence-corrected chi connectivity index (χ4v) is 3.29. The smallest absolute Gasteiger partial charge is 0.413 e. The third kappa shape index (κ3) is 4.63. The minimum atomic E-state index is -0.771. The van der Waals surface area contributed by atoms with Gasteiger partial charge in [-0.25, -0.2) is 4.79 Å². The SMILES string of the molecule is C=CCn1c(SCC(=O)NC(=O)OCC)nnc1[C@@H]1COc2ccccc2O1. The molecule has 0 fully saturated rings. The van der Waals surface area contributed by atoms with E-state index in [1.165, 1.54) is 0 Å². The molecule has 9 nitrogen and oxygen atoms in total. The Balaban J connectivity index is 1.69. The van der Waals surface area contributed by atoms with Crippen LogP contribution in [0.5, 0.6) is 11.5 Å². The molecule has 10 heteroatoms. The fraction of sp³-hybridized carbons (Fsp3) is 0.333. The molecule has 148 valence electrons. The Morgan fingerprint density at radius 3 is 2.93 bits per heavy atom. The second-order valence-corrected chi connectivity index (χ2v) is 6.60. The number of nitrogens with zero attached hydrogens (tertiary/aromatic N) is 3. The number of carbonyl (C=O) groups excluding carboxylic acids is 2. The van der Waals surface area contributed by atoms with Gasteiger partial charge in [0.05, 0.1) is 12.4 Å². The average molecular weight is 404 g/mol. The number of carbonyl (C=O) groups is 2. The van der Waals surface area contributed by atoms with Crippen LogP contribution in [0.25, 0.3) is 0 Å². The Hall–Kier alpha value is -3.01. The molecule has 0 saturated heterocycles. The molecule has 1 aliphatic heterocycles. The van der Waals surface area contributed by atoms with Crippen molar-refractivity contribution in [2.24, 2.45) is 0 Å². The van der Waals surface area contributed by atoms with Crippen LogP contribution >= 0.6 is 11.8 Å². The number of amides is 2. The normalized spacial score (nSPS) is 15.0. The van der Waals surface area contributed by atoms with Crippen LogP contribution in [-0.4, -0.2) is 45.7 Å². The maximum Gasteiger partial charge on any atom is 0.413 e. The van der Waals surface area contributed by atoms with E-state index in [0.717, 1.165) is 11.8 Å². The zero-order chi connectivity index (χ0) is 19.9. The Labute approximate surface area is 166 Å². The number of nitrogens with one attached hydrogen (secondary N) is 1. The van der Waals surface area contributed by atoms with E-state index in [-0.39, 0.29) is 12.4 Å². The standard InChI is InChI=1S/C18H20N4O5S/c1-3-9-22-16(14-10-26-12-7-5-6-8-13(12)27-14)20-21-17(22)28-11-15(23)19-18(24)25-4-2/h3,5-8,14H,1,4,9-11H2,2H3,(H,19,23,24)/t14-/m0/s1. The highest BCUT2D eigenvalue weighted by molar-refractivity contribution is 7.99. The predicted molar refractivity (Wildman–Crippen MR) is 101 cm³/mol. The summed E-state index contributed by atoms with van der Waals surface area (Å²) >= 11 is 1.15. The highest BCUT2D eigenvalue weighted by atomic mass is 32.2. The number of fused-ring (bicyclic) bond motifs is 1. The largest absolute Gasteiger partial charge is 0.485 e. The van der Waals surface area contributed by atoms with Gasteiger partial charge in [-0.1, -0.05) is 30.0 Å². The molecule has 0 unspecified atom stereocenters. The number of hydrogen-bond acceptors (Lipinski definition) is 8. The lowest BCUT2D eigenvalue weighted by Crippen LogP contribution is -2.32. The number of rotatable bonds is 7. The Morgan fingerprint density at radius 1 is 1.39 bits per heavy atom. The van der Waals surface area contributed by atoms with Gasteiger partial charge in [0.2, 0.25) is 5.91 Å². The summed E-state index contributed by atoms with van der Waals surface area (Å²) in [6.45, 7) is 6.33. The minimum Gasteiger partial charge on any atom is -0.485 e. The van der Waals surface area contributed by atoms with E-state index < -0.39 is 18.1 Å². The van der Waals surface area contributed by atoms with E-state index in [4.69, 9.17) is 9.47 Å². The number of allylic oxidation sites excluding steroid dienone is 1. The summed E-state index contributed by atoms with van der Waals surface area (Å²) in [7, 11) is 0. The van der Waals surface area contributed by atoms with Crippen LogP contribution in [0.4, 0.5) is 4.79 Å². The van der Waals surface area contributed by atoms with Crippen molar-refractivity contribution in [2.45, 2.75) is 24.7 Å². The minimum absolute atomic E-state index is 0.0149. The molecular weight excluding hydrogens is 384 g/mol. The van der Waals surface area contributed by atoms with Gasteiger partial charge in [-0.05, 0) is 19.1 Å². The Morgan fingerprint density at radius 2 is 2.18 bits per heavy atom. The van der Waals surface area contributed by atoms with Crippen molar-refractivity contribution >= 4 is 23.8 Å². The molecule has 1 aromatic heterocycles. The van der Waals surface area contributed by atoms with Crippen molar-refractivity contribution in [3.8, 4) is 11.5 Å². The summed E-state index contributed by atoms with van der Waals surface area (Å²) in [5.41, 5.74) is 0. The lowest BCUT2D eigenvalue weighted by molar-refractivity contribution is -0.117. The van der Waals surface area contributed by atoms with Crippen molar-refractivity contribution in [2.75, 3.05) is 19.0 Å². The fourth-order valence-electron chi connectivity index (χ4n) is 2.54. The number of alkyl carbamates (subject to hydrolysis) is 1. The lowest BCUT2D eigenvalue weighted by Gasteiger charge is -2.26. The van der Waals surface area contributed by atoms with Crippen LogP contribution in [0, 0.1) is 0 Å². The lowest BCUT2D eigenvalue weighted by atomic mass is 10.2. The third-order valence-electron chi connectivity index (χ3n) is 3.70. The molecule has 0 spiro atoms. The summed E-state index contributed by atoms with van der Waals surface area (Å²) in [4.78, 5) is 23.2. The molecule has 1 atom stereocenters. The number of aromatic nitrogens is 3. The van der Waals surface area contributed by atoms with Crippen LogP contribution in [0.3, 0.4) is 0 Å². The summed E-state index contributed by atoms with van der Waals surface area (Å²) in [6, 6.07) is 7.40. The molecule has 0 bridgehead atoms. The van der Waals surface area contributed by atoms with Crippen LogP contribution in [0.15, 0.2) is 42.1 Å².